The third-order valence-electron chi connectivity index (χ3n) is 7.62. The Morgan fingerprint density at radius 2 is 1.52 bits per heavy atom. The molecule has 3 aromatic carbocycles. The highest BCUT2D eigenvalue weighted by atomic mass is 32.2. The van der Waals surface area contributed by atoms with Gasteiger partial charge in [0.2, 0.25) is 11.8 Å². The number of nitrogens with one attached hydrogen (secondary N) is 1. The second-order valence-corrected chi connectivity index (χ2v) is 12.4. The summed E-state index contributed by atoms with van der Waals surface area (Å²) in [7, 11) is -4.07. The molecule has 0 spiro atoms. The normalized spacial score (nSPS) is 14.5. The van der Waals surface area contributed by atoms with Crippen molar-refractivity contribution in [2.45, 2.75) is 76.4 Å². The molecular weight excluding hydrogens is 522 g/mol. The highest BCUT2D eigenvalue weighted by Gasteiger charge is 2.34. The zero-order chi connectivity index (χ0) is 28.7. The van der Waals surface area contributed by atoms with Crippen LogP contribution in [0.2, 0.25) is 0 Å². The molecular formula is C32H39N3O4S. The quantitative estimate of drug-likeness (QED) is 0.341. The molecule has 1 atom stereocenters. The van der Waals surface area contributed by atoms with Crippen LogP contribution in [0.1, 0.15) is 55.7 Å². The summed E-state index contributed by atoms with van der Waals surface area (Å²) in [6.45, 7) is 5.51. The monoisotopic (exact) mass is 561 g/mol. The molecule has 1 saturated carbocycles. The first-order chi connectivity index (χ1) is 19.2. The summed E-state index contributed by atoms with van der Waals surface area (Å²) in [6, 6.07) is 22.3. The molecule has 3 aromatic rings. The second-order valence-electron chi connectivity index (χ2n) is 10.5. The number of anilines is 1. The summed E-state index contributed by atoms with van der Waals surface area (Å²) in [5.41, 5.74) is 3.23. The van der Waals surface area contributed by atoms with Gasteiger partial charge in [-0.05, 0) is 68.5 Å². The van der Waals surface area contributed by atoms with Crippen LogP contribution >= 0.6 is 0 Å². The third kappa shape index (κ3) is 6.91. The standard InChI is InChI=1S/C32H39N3O4S/c1-4-30(32(37)33-27-14-10-11-15-27)34(22-26-13-9-8-12-25(26)3)31(36)23-35(28-16-6-5-7-17-28)40(38,39)29-20-18-24(2)19-21-29/h5-9,12-13,16-21,27,30H,4,10-11,14-15,22-23H2,1-3H3,(H,33,37)/t30-/m0/s1. The van der Waals surface area contributed by atoms with Gasteiger partial charge in [0.1, 0.15) is 12.6 Å². The lowest BCUT2D eigenvalue weighted by atomic mass is 10.1. The van der Waals surface area contributed by atoms with Crippen LogP contribution in [-0.4, -0.2) is 43.8 Å². The van der Waals surface area contributed by atoms with Crippen LogP contribution in [0.25, 0.3) is 0 Å². The minimum Gasteiger partial charge on any atom is -0.352 e. The van der Waals surface area contributed by atoms with Gasteiger partial charge < -0.3 is 10.2 Å². The Labute approximate surface area is 238 Å². The van der Waals surface area contributed by atoms with Gasteiger partial charge >= 0.3 is 0 Å². The Morgan fingerprint density at radius 1 is 0.900 bits per heavy atom. The lowest BCUT2D eigenvalue weighted by molar-refractivity contribution is -0.140. The van der Waals surface area contributed by atoms with Gasteiger partial charge in [-0.15, -0.1) is 0 Å². The van der Waals surface area contributed by atoms with E-state index < -0.39 is 28.5 Å². The topological polar surface area (TPSA) is 86.8 Å². The number of nitrogens with zero attached hydrogens (tertiary/aromatic N) is 2. The maximum atomic E-state index is 14.2. The zero-order valence-corrected chi connectivity index (χ0v) is 24.4. The van der Waals surface area contributed by atoms with Crippen LogP contribution in [0.15, 0.2) is 83.8 Å². The lowest BCUT2D eigenvalue weighted by Crippen LogP contribution is -2.53. The fraction of sp³-hybridized carbons (Fsp3) is 0.375. The fourth-order valence-electron chi connectivity index (χ4n) is 5.22. The number of para-hydroxylation sites is 1. The van der Waals surface area contributed by atoms with Crippen molar-refractivity contribution in [3.05, 3.63) is 95.6 Å². The molecule has 0 saturated heterocycles. The van der Waals surface area contributed by atoms with E-state index in [2.05, 4.69) is 5.32 Å². The van der Waals surface area contributed by atoms with E-state index in [-0.39, 0.29) is 23.4 Å². The second kappa shape index (κ2) is 13.1. The number of aryl methyl sites for hydroxylation is 2. The number of benzene rings is 3. The molecule has 40 heavy (non-hydrogen) atoms. The van der Waals surface area contributed by atoms with E-state index in [4.69, 9.17) is 0 Å². The van der Waals surface area contributed by atoms with Crippen LogP contribution in [0.4, 0.5) is 5.69 Å². The van der Waals surface area contributed by atoms with E-state index in [0.29, 0.717) is 12.1 Å². The SMILES string of the molecule is CC[C@@H](C(=O)NC1CCCC1)N(Cc1ccccc1C)C(=O)CN(c1ccccc1)S(=O)(=O)c1ccc(C)cc1. The minimum atomic E-state index is -4.07. The van der Waals surface area contributed by atoms with Crippen molar-refractivity contribution in [1.82, 2.24) is 10.2 Å². The van der Waals surface area contributed by atoms with E-state index in [9.17, 15) is 18.0 Å². The summed E-state index contributed by atoms with van der Waals surface area (Å²) in [4.78, 5) is 29.3. The summed E-state index contributed by atoms with van der Waals surface area (Å²) in [5.74, 6) is -0.625. The molecule has 0 heterocycles. The summed E-state index contributed by atoms with van der Waals surface area (Å²) >= 11 is 0. The smallest absolute Gasteiger partial charge is 0.264 e. The van der Waals surface area contributed by atoms with Gasteiger partial charge in [0, 0.05) is 12.6 Å². The molecule has 0 aromatic heterocycles. The molecule has 1 aliphatic carbocycles. The number of carbonyl (C=O) groups excluding carboxylic acids is 2. The Hall–Kier alpha value is -3.65. The van der Waals surface area contributed by atoms with Crippen LogP contribution in [-0.2, 0) is 26.2 Å². The predicted octanol–water partition coefficient (Wildman–Crippen LogP) is 5.36. The van der Waals surface area contributed by atoms with Crippen molar-refractivity contribution < 1.29 is 18.0 Å². The molecule has 2 amide bonds. The van der Waals surface area contributed by atoms with Gasteiger partial charge in [0.15, 0.2) is 0 Å². The number of amides is 2. The van der Waals surface area contributed by atoms with Crippen molar-refractivity contribution in [2.24, 2.45) is 0 Å². The molecule has 0 unspecified atom stereocenters. The maximum absolute atomic E-state index is 14.2. The predicted molar refractivity (Wildman–Crippen MR) is 158 cm³/mol. The summed E-state index contributed by atoms with van der Waals surface area (Å²) < 4.78 is 28.9. The average molecular weight is 562 g/mol. The first-order valence-electron chi connectivity index (χ1n) is 14.0. The molecule has 212 valence electrons. The first kappa shape index (κ1) is 29.3. The highest BCUT2D eigenvalue weighted by molar-refractivity contribution is 7.92. The van der Waals surface area contributed by atoms with Crippen LogP contribution in [0, 0.1) is 13.8 Å². The van der Waals surface area contributed by atoms with E-state index in [1.165, 1.54) is 0 Å². The van der Waals surface area contributed by atoms with Crippen molar-refractivity contribution in [3.8, 4) is 0 Å². The van der Waals surface area contributed by atoms with Crippen LogP contribution < -0.4 is 9.62 Å². The Bertz CT molecular complexity index is 1400. The first-order valence-corrected chi connectivity index (χ1v) is 15.4. The fourth-order valence-corrected chi connectivity index (χ4v) is 6.63. The third-order valence-corrected chi connectivity index (χ3v) is 9.41. The molecule has 0 radical (unpaired) electrons. The van der Waals surface area contributed by atoms with Crippen molar-refractivity contribution in [1.29, 1.82) is 0 Å². The zero-order valence-electron chi connectivity index (χ0n) is 23.5. The number of rotatable bonds is 11. The summed E-state index contributed by atoms with van der Waals surface area (Å²) in [5, 5.41) is 3.15. The van der Waals surface area contributed by atoms with Crippen molar-refractivity contribution in [3.63, 3.8) is 0 Å². The minimum absolute atomic E-state index is 0.103. The van der Waals surface area contributed by atoms with E-state index in [1.807, 2.05) is 45.0 Å². The summed E-state index contributed by atoms with van der Waals surface area (Å²) in [6.07, 6.45) is 4.44. The van der Waals surface area contributed by atoms with Crippen LogP contribution in [0.3, 0.4) is 0 Å². The molecule has 1 fully saturated rings. The average Bonchev–Trinajstić information content (AvgIpc) is 3.46. The van der Waals surface area contributed by atoms with Crippen molar-refractivity contribution >= 4 is 27.5 Å². The molecule has 4 rings (SSSR count). The Morgan fingerprint density at radius 3 is 2.15 bits per heavy atom. The molecule has 8 heteroatoms. The Kier molecular flexibility index (Phi) is 9.63. The molecule has 1 N–H and O–H groups in total. The van der Waals surface area contributed by atoms with Gasteiger partial charge in [0.05, 0.1) is 10.6 Å². The van der Waals surface area contributed by atoms with Gasteiger partial charge in [-0.25, -0.2) is 8.42 Å². The van der Waals surface area contributed by atoms with Gasteiger partial charge in [-0.1, -0.05) is 79.9 Å². The maximum Gasteiger partial charge on any atom is 0.264 e. The molecule has 7 nitrogen and oxygen atoms in total. The Balaban J connectivity index is 1.70. The van der Waals surface area contributed by atoms with Crippen LogP contribution in [0.5, 0.6) is 0 Å². The van der Waals surface area contributed by atoms with Crippen molar-refractivity contribution in [2.75, 3.05) is 10.8 Å². The van der Waals surface area contributed by atoms with Gasteiger partial charge in [-0.2, -0.15) is 0 Å². The highest BCUT2D eigenvalue weighted by Crippen LogP contribution is 2.25. The van der Waals surface area contributed by atoms with E-state index in [1.54, 1.807) is 59.5 Å². The molecule has 1 aliphatic rings. The number of hydrogen-bond donors (Lipinski definition) is 1. The van der Waals surface area contributed by atoms with E-state index >= 15 is 0 Å². The molecule has 0 aliphatic heterocycles. The number of carbonyl (C=O) groups is 2. The van der Waals surface area contributed by atoms with Gasteiger partial charge in [-0.3, -0.25) is 13.9 Å². The lowest BCUT2D eigenvalue weighted by Gasteiger charge is -2.34. The number of sulfonamides is 1. The van der Waals surface area contributed by atoms with Gasteiger partial charge in [0.25, 0.3) is 10.0 Å². The largest absolute Gasteiger partial charge is 0.352 e. The number of hydrogen-bond acceptors (Lipinski definition) is 4. The molecule has 0 bridgehead atoms. The van der Waals surface area contributed by atoms with E-state index in [0.717, 1.165) is 46.7 Å².